The summed E-state index contributed by atoms with van der Waals surface area (Å²) in [6, 6.07) is 76.8. The lowest BCUT2D eigenvalue weighted by Gasteiger charge is -2.51. The van der Waals surface area contributed by atoms with E-state index in [2.05, 4.69) is 277 Å². The number of fused-ring (bicyclic) bond motifs is 9. The maximum atomic E-state index is 2.72. The van der Waals surface area contributed by atoms with Gasteiger partial charge >= 0.3 is 0 Å². The van der Waals surface area contributed by atoms with E-state index >= 15 is 0 Å². The summed E-state index contributed by atoms with van der Waals surface area (Å²) < 4.78 is 0. The lowest BCUT2D eigenvalue weighted by atomic mass is 9.33. The van der Waals surface area contributed by atoms with Crippen molar-refractivity contribution in [3.05, 3.63) is 234 Å². The smallest absolute Gasteiger partial charge is 0.252 e. The molecule has 0 fully saturated rings. The summed E-state index contributed by atoms with van der Waals surface area (Å²) >= 11 is 0. The maximum absolute atomic E-state index is 2.72. The van der Waals surface area contributed by atoms with Gasteiger partial charge in [0.2, 0.25) is 0 Å². The standard InChI is InChI=1S/C69H64BN3/c1-45-40-63-65-64(41-45)72(59-37-31-51(67(5,6)7)43-54(59)47-22-14-11-15-23-47)61-36-28-49(46-20-12-10-13-21-46)42-58(61)70(65)57-35-34-53(44-62(57)71(63)52-32-29-50(30-33-52)66(2,3)4)73-60-27-19-18-26-56(60)68(8)39-38-48-24-16-17-25-55(48)69(68,73)9/h10-37,40-44H,38-39H2,1-9H3. The lowest BCUT2D eigenvalue weighted by molar-refractivity contribution is 0.245. The van der Waals surface area contributed by atoms with Crippen molar-refractivity contribution < 1.29 is 0 Å². The van der Waals surface area contributed by atoms with Gasteiger partial charge in [-0.05, 0) is 165 Å². The third-order valence-corrected chi connectivity index (χ3v) is 17.4. The summed E-state index contributed by atoms with van der Waals surface area (Å²) in [5.74, 6) is 0. The fourth-order valence-electron chi connectivity index (χ4n) is 13.4. The summed E-state index contributed by atoms with van der Waals surface area (Å²) in [6.45, 7) is 21.2. The molecule has 4 aliphatic rings. The summed E-state index contributed by atoms with van der Waals surface area (Å²) in [6.07, 6.45) is 2.16. The molecule has 0 saturated carbocycles. The van der Waals surface area contributed by atoms with Crippen LogP contribution in [0.1, 0.15) is 95.2 Å². The highest BCUT2D eigenvalue weighted by atomic mass is 15.3. The summed E-state index contributed by atoms with van der Waals surface area (Å²) in [7, 11) is 0. The Morgan fingerprint density at radius 2 is 1.04 bits per heavy atom. The Labute approximate surface area is 433 Å². The highest BCUT2D eigenvalue weighted by molar-refractivity contribution is 7.00. The van der Waals surface area contributed by atoms with Gasteiger partial charge in [0.1, 0.15) is 0 Å². The highest BCUT2D eigenvalue weighted by Gasteiger charge is 2.60. The van der Waals surface area contributed by atoms with Crippen LogP contribution in [0.4, 0.5) is 45.5 Å². The molecule has 2 unspecified atom stereocenters. The quantitative estimate of drug-likeness (QED) is 0.159. The number of benzene rings is 9. The third kappa shape index (κ3) is 6.79. The van der Waals surface area contributed by atoms with E-state index in [-0.39, 0.29) is 28.5 Å². The first-order valence-electron chi connectivity index (χ1n) is 26.5. The van der Waals surface area contributed by atoms with E-state index < -0.39 is 0 Å². The van der Waals surface area contributed by atoms with Crippen LogP contribution in [0, 0.1) is 6.92 Å². The third-order valence-electron chi connectivity index (χ3n) is 17.4. The Hall–Kier alpha value is -7.56. The van der Waals surface area contributed by atoms with Gasteiger partial charge in [0, 0.05) is 50.8 Å². The lowest BCUT2D eigenvalue weighted by Crippen LogP contribution is -2.61. The topological polar surface area (TPSA) is 9.72 Å². The molecule has 0 saturated heterocycles. The molecular weight excluding hydrogens is 882 g/mol. The molecule has 9 aromatic carbocycles. The minimum absolute atomic E-state index is 0.0142. The van der Waals surface area contributed by atoms with E-state index in [1.54, 1.807) is 0 Å². The van der Waals surface area contributed by atoms with Gasteiger partial charge in [-0.25, -0.2) is 0 Å². The molecule has 0 bridgehead atoms. The molecule has 0 spiro atoms. The maximum Gasteiger partial charge on any atom is 0.252 e. The van der Waals surface area contributed by atoms with Crippen LogP contribution in [-0.4, -0.2) is 6.71 Å². The van der Waals surface area contributed by atoms with Crippen LogP contribution in [0.3, 0.4) is 0 Å². The molecule has 2 atom stereocenters. The molecule has 73 heavy (non-hydrogen) atoms. The van der Waals surface area contributed by atoms with Gasteiger partial charge in [-0.15, -0.1) is 0 Å². The van der Waals surface area contributed by atoms with E-state index in [1.807, 2.05) is 0 Å². The molecule has 9 aromatic rings. The van der Waals surface area contributed by atoms with E-state index in [9.17, 15) is 0 Å². The van der Waals surface area contributed by atoms with Crippen LogP contribution in [0.5, 0.6) is 0 Å². The monoisotopic (exact) mass is 946 g/mol. The Balaban J connectivity index is 1.11. The van der Waals surface area contributed by atoms with Gasteiger partial charge in [-0.1, -0.05) is 188 Å². The Bertz CT molecular complexity index is 3660. The zero-order valence-electron chi connectivity index (χ0n) is 43.9. The van der Waals surface area contributed by atoms with E-state index in [4.69, 9.17) is 0 Å². The second kappa shape index (κ2) is 16.2. The summed E-state index contributed by atoms with van der Waals surface area (Å²) in [5, 5.41) is 0. The van der Waals surface area contributed by atoms with E-state index in [0.717, 1.165) is 18.5 Å². The van der Waals surface area contributed by atoms with Crippen molar-refractivity contribution in [2.45, 2.75) is 96.9 Å². The first-order chi connectivity index (χ1) is 35.1. The van der Waals surface area contributed by atoms with Crippen LogP contribution in [0.2, 0.25) is 0 Å². The molecule has 358 valence electrons. The molecule has 0 radical (unpaired) electrons. The van der Waals surface area contributed by atoms with Crippen molar-refractivity contribution in [3.8, 4) is 22.3 Å². The van der Waals surface area contributed by atoms with Crippen LogP contribution in [0.25, 0.3) is 22.3 Å². The highest BCUT2D eigenvalue weighted by Crippen LogP contribution is 2.64. The van der Waals surface area contributed by atoms with Crippen LogP contribution >= 0.6 is 0 Å². The van der Waals surface area contributed by atoms with Gasteiger partial charge in [-0.2, -0.15) is 0 Å². The molecule has 13 rings (SSSR count). The van der Waals surface area contributed by atoms with Crippen LogP contribution in [-0.2, 0) is 28.2 Å². The fraction of sp³-hybridized carbons (Fsp3) is 0.217. The van der Waals surface area contributed by atoms with E-state index in [0.29, 0.717) is 0 Å². The number of rotatable bonds is 5. The molecule has 3 heterocycles. The van der Waals surface area contributed by atoms with Gasteiger partial charge < -0.3 is 14.7 Å². The largest absolute Gasteiger partial charge is 0.330 e. The number of aryl methyl sites for hydroxylation is 2. The minimum Gasteiger partial charge on any atom is -0.330 e. The first-order valence-corrected chi connectivity index (χ1v) is 26.5. The molecule has 3 aliphatic heterocycles. The number of hydrogen-bond donors (Lipinski definition) is 0. The zero-order chi connectivity index (χ0) is 50.2. The molecule has 3 nitrogen and oxygen atoms in total. The summed E-state index contributed by atoms with van der Waals surface area (Å²) in [5.41, 5.74) is 26.3. The predicted octanol–water partition coefficient (Wildman–Crippen LogP) is 16.3. The normalized spacial score (nSPS) is 18.4. The number of para-hydroxylation sites is 1. The van der Waals surface area contributed by atoms with Gasteiger partial charge in [0.25, 0.3) is 6.71 Å². The number of nitrogens with zero attached hydrogens (tertiary/aromatic N) is 3. The molecular formula is C69H64BN3. The Morgan fingerprint density at radius 1 is 0.438 bits per heavy atom. The molecule has 0 N–H and O–H groups in total. The predicted molar refractivity (Wildman–Crippen MR) is 312 cm³/mol. The van der Waals surface area contributed by atoms with Gasteiger partial charge in [-0.3, -0.25) is 0 Å². The average Bonchev–Trinajstić information content (AvgIpc) is 3.61. The fourth-order valence-corrected chi connectivity index (χ4v) is 13.4. The zero-order valence-corrected chi connectivity index (χ0v) is 43.9. The van der Waals surface area contributed by atoms with Crippen molar-refractivity contribution in [3.63, 3.8) is 0 Å². The van der Waals surface area contributed by atoms with Crippen molar-refractivity contribution >= 4 is 68.6 Å². The van der Waals surface area contributed by atoms with Crippen molar-refractivity contribution in [1.29, 1.82) is 0 Å². The first kappa shape index (κ1) is 45.3. The summed E-state index contributed by atoms with van der Waals surface area (Å²) in [4.78, 5) is 7.93. The molecule has 1 aliphatic carbocycles. The van der Waals surface area contributed by atoms with Gasteiger partial charge in [0.05, 0.1) is 11.2 Å². The average molecular weight is 946 g/mol. The second-order valence-corrected chi connectivity index (χ2v) is 23.8. The minimum atomic E-state index is -0.323. The molecule has 0 amide bonds. The number of hydrogen-bond acceptors (Lipinski definition) is 3. The SMILES string of the molecule is Cc1cc2c3c(c1)N(c1ccc(C(C)(C)C)cc1-c1ccccc1)c1ccc(-c4ccccc4)cc1B3c1ccc(N3c4ccccc4C4(C)CCc5ccccc5C34C)cc1N2c1ccc(C(C)(C)C)cc1. The van der Waals surface area contributed by atoms with Crippen LogP contribution < -0.4 is 31.1 Å². The van der Waals surface area contributed by atoms with Crippen molar-refractivity contribution in [1.82, 2.24) is 0 Å². The van der Waals surface area contributed by atoms with Crippen molar-refractivity contribution in [2.24, 2.45) is 0 Å². The van der Waals surface area contributed by atoms with Crippen molar-refractivity contribution in [2.75, 3.05) is 14.7 Å². The van der Waals surface area contributed by atoms with Crippen LogP contribution in [0.15, 0.2) is 200 Å². The second-order valence-electron chi connectivity index (χ2n) is 23.8. The van der Waals surface area contributed by atoms with Gasteiger partial charge in [0.15, 0.2) is 0 Å². The van der Waals surface area contributed by atoms with E-state index in [1.165, 1.54) is 112 Å². The molecule has 4 heteroatoms. The molecule has 0 aromatic heterocycles. The Morgan fingerprint density at radius 3 is 1.75 bits per heavy atom. The Kier molecular flexibility index (Phi) is 10.1. The number of anilines is 8.